The van der Waals surface area contributed by atoms with Crippen LogP contribution in [-0.2, 0) is 0 Å². The number of hydrogen-bond acceptors (Lipinski definition) is 3. The molecule has 1 aromatic carbocycles. The van der Waals surface area contributed by atoms with Crippen LogP contribution in [0.15, 0.2) is 46.3 Å². The molecule has 2 N–H and O–H groups in total. The van der Waals surface area contributed by atoms with E-state index in [0.29, 0.717) is 5.69 Å². The molecule has 0 unspecified atom stereocenters. The van der Waals surface area contributed by atoms with Crippen LogP contribution in [0.1, 0.15) is 5.69 Å². The Morgan fingerprint density at radius 2 is 1.94 bits per heavy atom. The van der Waals surface area contributed by atoms with E-state index in [4.69, 9.17) is 17.3 Å². The van der Waals surface area contributed by atoms with Crippen LogP contribution in [0.25, 0.3) is 0 Å². The molecule has 2 nitrogen and oxygen atoms in total. The standard InChI is InChI=1S/C12H11ClN2S/c1-8-10(14)6-7-12(15-8)16-11-5-3-2-4-9(11)13/h2-7H,14H2,1H3. The number of aryl methyl sites for hydroxylation is 1. The predicted molar refractivity (Wildman–Crippen MR) is 69.0 cm³/mol. The van der Waals surface area contributed by atoms with Crippen LogP contribution in [0.3, 0.4) is 0 Å². The van der Waals surface area contributed by atoms with Gasteiger partial charge in [0.1, 0.15) is 5.03 Å². The van der Waals surface area contributed by atoms with E-state index in [2.05, 4.69) is 4.98 Å². The largest absolute Gasteiger partial charge is 0.397 e. The Balaban J connectivity index is 2.28. The van der Waals surface area contributed by atoms with Crippen molar-refractivity contribution >= 4 is 29.1 Å². The number of halogens is 1. The number of rotatable bonds is 2. The number of anilines is 1. The molecule has 4 heteroatoms. The molecule has 2 aromatic rings. The van der Waals surface area contributed by atoms with Crippen molar-refractivity contribution in [1.29, 1.82) is 0 Å². The molecule has 82 valence electrons. The number of nitrogen functional groups attached to an aromatic ring is 1. The van der Waals surface area contributed by atoms with E-state index in [1.807, 2.05) is 43.3 Å². The zero-order valence-corrected chi connectivity index (χ0v) is 10.3. The van der Waals surface area contributed by atoms with Gasteiger partial charge in [0.2, 0.25) is 0 Å². The highest BCUT2D eigenvalue weighted by Gasteiger charge is 2.04. The van der Waals surface area contributed by atoms with E-state index in [0.717, 1.165) is 20.6 Å². The van der Waals surface area contributed by atoms with Crippen molar-refractivity contribution in [3.05, 3.63) is 47.1 Å². The molecule has 0 aliphatic carbocycles. The maximum Gasteiger partial charge on any atom is 0.101 e. The maximum absolute atomic E-state index is 6.07. The zero-order valence-electron chi connectivity index (χ0n) is 8.77. The second-order valence-electron chi connectivity index (χ2n) is 3.36. The minimum atomic E-state index is 0.712. The highest BCUT2D eigenvalue weighted by atomic mass is 35.5. The molecule has 0 spiro atoms. The normalized spacial score (nSPS) is 10.4. The van der Waals surface area contributed by atoms with Gasteiger partial charge in [-0.1, -0.05) is 35.5 Å². The molecule has 16 heavy (non-hydrogen) atoms. The van der Waals surface area contributed by atoms with Gasteiger partial charge in [-0.2, -0.15) is 0 Å². The summed E-state index contributed by atoms with van der Waals surface area (Å²) in [7, 11) is 0. The molecule has 0 bridgehead atoms. The first-order valence-electron chi connectivity index (χ1n) is 4.82. The first kappa shape index (κ1) is 11.3. The van der Waals surface area contributed by atoms with Crippen molar-refractivity contribution in [2.24, 2.45) is 0 Å². The summed E-state index contributed by atoms with van der Waals surface area (Å²) in [6.45, 7) is 1.89. The Kier molecular flexibility index (Phi) is 3.36. The van der Waals surface area contributed by atoms with Gasteiger partial charge >= 0.3 is 0 Å². The fourth-order valence-corrected chi connectivity index (χ4v) is 2.35. The van der Waals surface area contributed by atoms with E-state index < -0.39 is 0 Å². The van der Waals surface area contributed by atoms with Crippen LogP contribution in [0.2, 0.25) is 5.02 Å². The topological polar surface area (TPSA) is 38.9 Å². The van der Waals surface area contributed by atoms with Gasteiger partial charge in [-0.15, -0.1) is 0 Å². The summed E-state index contributed by atoms with van der Waals surface area (Å²) in [5.74, 6) is 0. The molecule has 0 aliphatic rings. The predicted octanol–water partition coefficient (Wildman–Crippen LogP) is 3.78. The van der Waals surface area contributed by atoms with E-state index in [1.165, 1.54) is 11.8 Å². The van der Waals surface area contributed by atoms with Crippen molar-refractivity contribution in [1.82, 2.24) is 4.98 Å². The molecule has 0 fully saturated rings. The molecule has 1 aromatic heterocycles. The quantitative estimate of drug-likeness (QED) is 0.882. The van der Waals surface area contributed by atoms with Crippen molar-refractivity contribution in [2.45, 2.75) is 16.8 Å². The van der Waals surface area contributed by atoms with Crippen LogP contribution >= 0.6 is 23.4 Å². The van der Waals surface area contributed by atoms with E-state index in [1.54, 1.807) is 0 Å². The summed E-state index contributed by atoms with van der Waals surface area (Å²) in [4.78, 5) is 5.39. The summed E-state index contributed by atoms with van der Waals surface area (Å²) < 4.78 is 0. The molecule has 0 saturated heterocycles. The highest BCUT2D eigenvalue weighted by molar-refractivity contribution is 7.99. The Morgan fingerprint density at radius 1 is 1.19 bits per heavy atom. The third-order valence-corrected chi connectivity index (χ3v) is 3.61. The number of hydrogen-bond donors (Lipinski definition) is 1. The minimum Gasteiger partial charge on any atom is -0.397 e. The van der Waals surface area contributed by atoms with Gasteiger partial charge in [0.15, 0.2) is 0 Å². The van der Waals surface area contributed by atoms with Crippen LogP contribution in [0, 0.1) is 6.92 Å². The number of aromatic nitrogens is 1. The van der Waals surface area contributed by atoms with E-state index in [9.17, 15) is 0 Å². The number of nitrogens with zero attached hydrogens (tertiary/aromatic N) is 1. The fraction of sp³-hybridized carbons (Fsp3) is 0.0833. The SMILES string of the molecule is Cc1nc(Sc2ccccc2Cl)ccc1N. The van der Waals surface area contributed by atoms with Crippen molar-refractivity contribution in [3.8, 4) is 0 Å². The van der Waals surface area contributed by atoms with Gasteiger partial charge in [-0.05, 0) is 31.2 Å². The number of nitrogens with two attached hydrogens (primary N) is 1. The Labute approximate surface area is 104 Å². The molecular weight excluding hydrogens is 240 g/mol. The van der Waals surface area contributed by atoms with Crippen LogP contribution < -0.4 is 5.73 Å². The molecule has 0 saturated carbocycles. The first-order valence-corrected chi connectivity index (χ1v) is 6.02. The molecule has 0 aliphatic heterocycles. The zero-order chi connectivity index (χ0) is 11.5. The molecule has 0 amide bonds. The minimum absolute atomic E-state index is 0.712. The van der Waals surface area contributed by atoms with E-state index in [-0.39, 0.29) is 0 Å². The smallest absolute Gasteiger partial charge is 0.101 e. The molecule has 2 rings (SSSR count). The van der Waals surface area contributed by atoms with Crippen molar-refractivity contribution < 1.29 is 0 Å². The molecular formula is C12H11ClN2S. The lowest BCUT2D eigenvalue weighted by Crippen LogP contribution is -1.93. The average Bonchev–Trinajstić information content (AvgIpc) is 2.27. The molecule has 0 radical (unpaired) electrons. The lowest BCUT2D eigenvalue weighted by molar-refractivity contribution is 1.07. The van der Waals surface area contributed by atoms with Gasteiger partial charge in [0.25, 0.3) is 0 Å². The third-order valence-electron chi connectivity index (χ3n) is 2.15. The Morgan fingerprint density at radius 3 is 2.62 bits per heavy atom. The lowest BCUT2D eigenvalue weighted by atomic mass is 10.3. The van der Waals surface area contributed by atoms with Gasteiger partial charge in [-0.25, -0.2) is 4.98 Å². The molecule has 1 heterocycles. The van der Waals surface area contributed by atoms with E-state index >= 15 is 0 Å². The maximum atomic E-state index is 6.07. The average molecular weight is 251 g/mol. The van der Waals surface area contributed by atoms with Crippen LogP contribution in [0.5, 0.6) is 0 Å². The van der Waals surface area contributed by atoms with Crippen LogP contribution in [-0.4, -0.2) is 4.98 Å². The summed E-state index contributed by atoms with van der Waals surface area (Å²) in [5.41, 5.74) is 7.27. The fourth-order valence-electron chi connectivity index (χ4n) is 1.25. The second-order valence-corrected chi connectivity index (χ2v) is 4.83. The van der Waals surface area contributed by atoms with Gasteiger partial charge in [0, 0.05) is 4.90 Å². The van der Waals surface area contributed by atoms with Crippen molar-refractivity contribution in [2.75, 3.05) is 5.73 Å². The van der Waals surface area contributed by atoms with Gasteiger partial charge in [0.05, 0.1) is 16.4 Å². The Bertz CT molecular complexity index is 514. The van der Waals surface area contributed by atoms with Crippen molar-refractivity contribution in [3.63, 3.8) is 0 Å². The summed E-state index contributed by atoms with van der Waals surface area (Å²) in [5, 5.41) is 1.64. The van der Waals surface area contributed by atoms with Crippen LogP contribution in [0.4, 0.5) is 5.69 Å². The number of pyridine rings is 1. The highest BCUT2D eigenvalue weighted by Crippen LogP contribution is 2.32. The first-order chi connectivity index (χ1) is 7.66. The molecule has 0 atom stereocenters. The third kappa shape index (κ3) is 2.49. The summed E-state index contributed by atoms with van der Waals surface area (Å²) >= 11 is 7.61. The number of benzene rings is 1. The summed E-state index contributed by atoms with van der Waals surface area (Å²) in [6, 6.07) is 11.5. The van der Waals surface area contributed by atoms with Gasteiger partial charge < -0.3 is 5.73 Å². The second kappa shape index (κ2) is 4.76. The lowest BCUT2D eigenvalue weighted by Gasteiger charge is -2.05. The summed E-state index contributed by atoms with van der Waals surface area (Å²) in [6.07, 6.45) is 0. The van der Waals surface area contributed by atoms with Gasteiger partial charge in [-0.3, -0.25) is 0 Å². The Hall–Kier alpha value is -1.19. The monoisotopic (exact) mass is 250 g/mol.